The number of sulfonamides is 1. The number of benzene rings is 2. The zero-order valence-corrected chi connectivity index (χ0v) is 12.6. The van der Waals surface area contributed by atoms with Crippen LogP contribution in [0.15, 0.2) is 41.3 Å². The molecule has 2 N–H and O–H groups in total. The van der Waals surface area contributed by atoms with Gasteiger partial charge in [-0.1, -0.05) is 17.7 Å². The van der Waals surface area contributed by atoms with Gasteiger partial charge in [0.2, 0.25) is 5.91 Å². The number of fused-ring (bicyclic) bond motifs is 1. The van der Waals surface area contributed by atoms with Crippen molar-refractivity contribution in [3.63, 3.8) is 0 Å². The number of carbonyl (C=O) groups excluding carboxylic acids is 1. The third-order valence-corrected chi connectivity index (χ3v) is 4.86. The molecule has 114 valence electrons. The molecule has 0 bridgehead atoms. The van der Waals surface area contributed by atoms with Gasteiger partial charge < -0.3 is 5.32 Å². The summed E-state index contributed by atoms with van der Waals surface area (Å²) in [6.45, 7) is 0. The first kappa shape index (κ1) is 14.8. The lowest BCUT2D eigenvalue weighted by Gasteiger charge is -2.10. The summed E-state index contributed by atoms with van der Waals surface area (Å²) in [6.07, 6.45) is 0.115. The molecule has 2 aromatic carbocycles. The van der Waals surface area contributed by atoms with E-state index in [-0.39, 0.29) is 27.9 Å². The van der Waals surface area contributed by atoms with Crippen LogP contribution in [0.4, 0.5) is 15.8 Å². The normalized spacial score (nSPS) is 13.6. The van der Waals surface area contributed by atoms with E-state index in [1.165, 1.54) is 36.4 Å². The summed E-state index contributed by atoms with van der Waals surface area (Å²) < 4.78 is 40.6. The standard InChI is InChI=1S/C14H10ClFN2O3S/c15-10-2-1-3-12(14(10)16)18-22(20,21)9-4-5-11-8(6-9)7-13(19)17-11/h1-6,18H,7H2,(H,17,19). The molecule has 5 nitrogen and oxygen atoms in total. The Kier molecular flexibility index (Phi) is 3.54. The minimum Gasteiger partial charge on any atom is -0.326 e. The average molecular weight is 341 g/mol. The van der Waals surface area contributed by atoms with Gasteiger partial charge in [-0.05, 0) is 35.9 Å². The summed E-state index contributed by atoms with van der Waals surface area (Å²) >= 11 is 5.63. The van der Waals surface area contributed by atoms with E-state index in [0.717, 1.165) is 0 Å². The first-order valence-corrected chi connectivity index (χ1v) is 8.12. The highest BCUT2D eigenvalue weighted by atomic mass is 35.5. The van der Waals surface area contributed by atoms with Crippen LogP contribution in [0, 0.1) is 5.82 Å². The van der Waals surface area contributed by atoms with Gasteiger partial charge in [-0.15, -0.1) is 0 Å². The zero-order valence-electron chi connectivity index (χ0n) is 11.1. The summed E-state index contributed by atoms with van der Waals surface area (Å²) in [4.78, 5) is 11.2. The van der Waals surface area contributed by atoms with Crippen LogP contribution in [0.25, 0.3) is 0 Å². The van der Waals surface area contributed by atoms with Crippen molar-refractivity contribution in [1.29, 1.82) is 0 Å². The van der Waals surface area contributed by atoms with Crippen molar-refractivity contribution in [2.24, 2.45) is 0 Å². The molecule has 8 heteroatoms. The lowest BCUT2D eigenvalue weighted by atomic mass is 10.2. The lowest BCUT2D eigenvalue weighted by Crippen LogP contribution is -2.14. The van der Waals surface area contributed by atoms with Crippen molar-refractivity contribution in [3.05, 3.63) is 52.8 Å². The van der Waals surface area contributed by atoms with E-state index < -0.39 is 15.8 Å². The highest BCUT2D eigenvalue weighted by Gasteiger charge is 2.22. The topological polar surface area (TPSA) is 75.3 Å². The predicted molar refractivity (Wildman–Crippen MR) is 81.0 cm³/mol. The fourth-order valence-electron chi connectivity index (χ4n) is 2.16. The van der Waals surface area contributed by atoms with E-state index >= 15 is 0 Å². The lowest BCUT2D eigenvalue weighted by molar-refractivity contribution is -0.115. The molecule has 3 rings (SSSR count). The SMILES string of the molecule is O=C1Cc2cc(S(=O)(=O)Nc3cccc(Cl)c3F)ccc2N1. The second-order valence-electron chi connectivity index (χ2n) is 4.75. The first-order valence-electron chi connectivity index (χ1n) is 6.26. The molecule has 0 atom stereocenters. The second kappa shape index (κ2) is 5.26. The van der Waals surface area contributed by atoms with Crippen LogP contribution in [0.3, 0.4) is 0 Å². The fourth-order valence-corrected chi connectivity index (χ4v) is 3.44. The largest absolute Gasteiger partial charge is 0.326 e. The number of amides is 1. The number of halogens is 2. The average Bonchev–Trinajstić information content (AvgIpc) is 2.82. The molecule has 1 heterocycles. The van der Waals surface area contributed by atoms with Gasteiger partial charge in [-0.25, -0.2) is 12.8 Å². The van der Waals surface area contributed by atoms with Gasteiger partial charge in [-0.2, -0.15) is 0 Å². The third kappa shape index (κ3) is 2.65. The van der Waals surface area contributed by atoms with Crippen molar-refractivity contribution in [2.45, 2.75) is 11.3 Å². The minimum atomic E-state index is -3.98. The van der Waals surface area contributed by atoms with Crippen molar-refractivity contribution in [3.8, 4) is 0 Å². The Morgan fingerprint density at radius 3 is 2.77 bits per heavy atom. The zero-order chi connectivity index (χ0) is 15.9. The van der Waals surface area contributed by atoms with E-state index in [9.17, 15) is 17.6 Å². The molecule has 0 fully saturated rings. The number of hydrogen-bond donors (Lipinski definition) is 2. The maximum atomic E-state index is 13.8. The third-order valence-electron chi connectivity index (χ3n) is 3.21. The summed E-state index contributed by atoms with van der Waals surface area (Å²) in [6, 6.07) is 8.27. The molecule has 0 saturated heterocycles. The summed E-state index contributed by atoms with van der Waals surface area (Å²) in [5, 5.41) is 2.43. The van der Waals surface area contributed by atoms with Gasteiger partial charge in [0.05, 0.1) is 22.0 Å². The Labute approximate surface area is 131 Å². The second-order valence-corrected chi connectivity index (χ2v) is 6.84. The minimum absolute atomic E-state index is 0.0536. The molecular weight excluding hydrogens is 331 g/mol. The maximum Gasteiger partial charge on any atom is 0.261 e. The number of hydrogen-bond acceptors (Lipinski definition) is 3. The molecule has 1 aliphatic heterocycles. The molecule has 0 unspecified atom stereocenters. The Morgan fingerprint density at radius 1 is 1.23 bits per heavy atom. The van der Waals surface area contributed by atoms with Gasteiger partial charge in [0.1, 0.15) is 0 Å². The maximum absolute atomic E-state index is 13.8. The van der Waals surface area contributed by atoms with Gasteiger partial charge in [-0.3, -0.25) is 9.52 Å². The monoisotopic (exact) mass is 340 g/mol. The van der Waals surface area contributed by atoms with E-state index in [4.69, 9.17) is 11.6 Å². The Bertz CT molecular complexity index is 884. The van der Waals surface area contributed by atoms with Crippen LogP contribution in [0.2, 0.25) is 5.02 Å². The summed E-state index contributed by atoms with van der Waals surface area (Å²) in [5.41, 5.74) is 0.930. The number of carbonyl (C=O) groups is 1. The van der Waals surface area contributed by atoms with Gasteiger partial charge >= 0.3 is 0 Å². The molecule has 0 radical (unpaired) electrons. The Balaban J connectivity index is 1.96. The van der Waals surface area contributed by atoms with Gasteiger partial charge in [0.25, 0.3) is 10.0 Å². The Morgan fingerprint density at radius 2 is 2.00 bits per heavy atom. The van der Waals surface area contributed by atoms with Crippen LogP contribution in [0.5, 0.6) is 0 Å². The van der Waals surface area contributed by atoms with Gasteiger partial charge in [0.15, 0.2) is 5.82 Å². The summed E-state index contributed by atoms with van der Waals surface area (Å²) in [7, 11) is -3.98. The quantitative estimate of drug-likeness (QED) is 0.902. The van der Waals surface area contributed by atoms with Crippen molar-refractivity contribution < 1.29 is 17.6 Å². The first-order chi connectivity index (χ1) is 10.4. The van der Waals surface area contributed by atoms with E-state index in [0.29, 0.717) is 11.3 Å². The summed E-state index contributed by atoms with van der Waals surface area (Å²) in [5.74, 6) is -1.04. The molecule has 0 aliphatic carbocycles. The van der Waals surface area contributed by atoms with E-state index in [1.807, 2.05) is 0 Å². The fraction of sp³-hybridized carbons (Fsp3) is 0.0714. The van der Waals surface area contributed by atoms with Crippen LogP contribution in [-0.4, -0.2) is 14.3 Å². The number of nitrogens with one attached hydrogen (secondary N) is 2. The van der Waals surface area contributed by atoms with Crippen molar-refractivity contribution >= 4 is 38.9 Å². The molecule has 0 spiro atoms. The smallest absolute Gasteiger partial charge is 0.261 e. The molecular formula is C14H10ClFN2O3S. The molecule has 22 heavy (non-hydrogen) atoms. The molecule has 2 aromatic rings. The highest BCUT2D eigenvalue weighted by molar-refractivity contribution is 7.92. The van der Waals surface area contributed by atoms with Crippen LogP contribution in [-0.2, 0) is 21.2 Å². The molecule has 1 aliphatic rings. The predicted octanol–water partition coefficient (Wildman–Crippen LogP) is 2.77. The van der Waals surface area contributed by atoms with E-state index in [2.05, 4.69) is 10.0 Å². The molecule has 0 aromatic heterocycles. The number of anilines is 2. The molecule has 0 saturated carbocycles. The van der Waals surface area contributed by atoms with E-state index in [1.54, 1.807) is 0 Å². The van der Waals surface area contributed by atoms with Crippen LogP contribution in [0.1, 0.15) is 5.56 Å². The Hall–Kier alpha value is -2.12. The van der Waals surface area contributed by atoms with Gasteiger partial charge in [0, 0.05) is 5.69 Å². The molecule has 1 amide bonds. The van der Waals surface area contributed by atoms with Crippen molar-refractivity contribution in [2.75, 3.05) is 10.0 Å². The van der Waals surface area contributed by atoms with Crippen LogP contribution < -0.4 is 10.0 Å². The highest BCUT2D eigenvalue weighted by Crippen LogP contribution is 2.28. The number of rotatable bonds is 3. The van der Waals surface area contributed by atoms with Crippen LogP contribution >= 0.6 is 11.6 Å². The van der Waals surface area contributed by atoms with Crippen molar-refractivity contribution in [1.82, 2.24) is 0 Å².